The first-order valence-electron chi connectivity index (χ1n) is 7.22. The van der Waals surface area contributed by atoms with Gasteiger partial charge in [0.1, 0.15) is 0 Å². The summed E-state index contributed by atoms with van der Waals surface area (Å²) in [5.74, 6) is -0.498. The summed E-state index contributed by atoms with van der Waals surface area (Å²) in [6, 6.07) is 6.72. The smallest absolute Gasteiger partial charge is 0.330 e. The van der Waals surface area contributed by atoms with Gasteiger partial charge in [-0.15, -0.1) is 6.58 Å². The number of ether oxygens (including phenoxy) is 1. The molecule has 1 fully saturated rings. The molecule has 1 atom stereocenters. The van der Waals surface area contributed by atoms with Gasteiger partial charge in [0, 0.05) is 24.6 Å². The summed E-state index contributed by atoms with van der Waals surface area (Å²) >= 11 is 0. The first-order chi connectivity index (χ1) is 10.7. The van der Waals surface area contributed by atoms with Gasteiger partial charge < -0.3 is 4.74 Å². The van der Waals surface area contributed by atoms with Crippen LogP contribution in [0, 0.1) is 12.3 Å². The van der Waals surface area contributed by atoms with E-state index >= 15 is 0 Å². The van der Waals surface area contributed by atoms with E-state index in [1.807, 2.05) is 13.8 Å². The fraction of sp³-hybridized carbons (Fsp3) is 0.353. The number of sulfonamides is 1. The minimum atomic E-state index is -3.62. The zero-order valence-corrected chi connectivity index (χ0v) is 14.4. The Bertz CT molecular complexity index is 749. The van der Waals surface area contributed by atoms with E-state index in [9.17, 15) is 13.2 Å². The van der Waals surface area contributed by atoms with Crippen molar-refractivity contribution in [2.45, 2.75) is 18.7 Å². The van der Waals surface area contributed by atoms with Gasteiger partial charge in [-0.05, 0) is 24.6 Å². The SMILES string of the molecule is C=C[C@@]1(C)CN(S(=O)(=O)c2ccc(C)cc2)C/C1=C\C(=O)OC. The van der Waals surface area contributed by atoms with E-state index < -0.39 is 21.4 Å². The molecule has 0 aliphatic carbocycles. The van der Waals surface area contributed by atoms with Gasteiger partial charge in [-0.2, -0.15) is 4.31 Å². The van der Waals surface area contributed by atoms with Crippen LogP contribution in [-0.4, -0.2) is 38.9 Å². The molecule has 0 spiro atoms. The molecule has 1 heterocycles. The molecule has 2 rings (SSSR count). The van der Waals surface area contributed by atoms with Crippen LogP contribution in [0.3, 0.4) is 0 Å². The van der Waals surface area contributed by atoms with Crippen LogP contribution in [0.5, 0.6) is 0 Å². The van der Waals surface area contributed by atoms with Crippen molar-refractivity contribution in [1.82, 2.24) is 4.31 Å². The van der Waals surface area contributed by atoms with E-state index in [2.05, 4.69) is 11.3 Å². The van der Waals surface area contributed by atoms with Gasteiger partial charge in [-0.1, -0.05) is 30.7 Å². The third kappa shape index (κ3) is 3.38. The second-order valence-electron chi connectivity index (χ2n) is 5.90. The molecule has 1 aromatic carbocycles. The molecule has 124 valence electrons. The number of hydrogen-bond acceptors (Lipinski definition) is 4. The van der Waals surface area contributed by atoms with Gasteiger partial charge in [-0.25, -0.2) is 13.2 Å². The molecule has 0 saturated carbocycles. The number of hydrogen-bond donors (Lipinski definition) is 0. The predicted molar refractivity (Wildman–Crippen MR) is 88.3 cm³/mol. The van der Waals surface area contributed by atoms with Crippen molar-refractivity contribution in [2.75, 3.05) is 20.2 Å². The number of nitrogens with zero attached hydrogens (tertiary/aromatic N) is 1. The molecule has 23 heavy (non-hydrogen) atoms. The van der Waals surface area contributed by atoms with E-state index in [0.717, 1.165) is 5.56 Å². The molecule has 1 aliphatic heterocycles. The Morgan fingerprint density at radius 2 is 1.96 bits per heavy atom. The maximum absolute atomic E-state index is 12.8. The van der Waals surface area contributed by atoms with Crippen molar-refractivity contribution in [3.8, 4) is 0 Å². The second-order valence-corrected chi connectivity index (χ2v) is 7.84. The van der Waals surface area contributed by atoms with E-state index in [0.29, 0.717) is 5.57 Å². The van der Waals surface area contributed by atoms with Crippen LogP contribution in [0.2, 0.25) is 0 Å². The predicted octanol–water partition coefficient (Wildman–Crippen LogP) is 2.29. The first-order valence-corrected chi connectivity index (χ1v) is 8.66. The highest BCUT2D eigenvalue weighted by molar-refractivity contribution is 7.89. The number of carbonyl (C=O) groups excluding carboxylic acids is 1. The highest BCUT2D eigenvalue weighted by Crippen LogP contribution is 2.38. The molecule has 5 nitrogen and oxygen atoms in total. The molecular weight excluding hydrogens is 314 g/mol. The van der Waals surface area contributed by atoms with Crippen LogP contribution >= 0.6 is 0 Å². The number of benzene rings is 1. The summed E-state index contributed by atoms with van der Waals surface area (Å²) in [5, 5.41) is 0. The van der Waals surface area contributed by atoms with Gasteiger partial charge in [0.15, 0.2) is 0 Å². The van der Waals surface area contributed by atoms with Gasteiger partial charge in [0.05, 0.1) is 12.0 Å². The highest BCUT2D eigenvalue weighted by atomic mass is 32.2. The van der Waals surface area contributed by atoms with Gasteiger partial charge in [-0.3, -0.25) is 0 Å². The number of aryl methyl sites for hydroxylation is 1. The Morgan fingerprint density at radius 3 is 2.48 bits per heavy atom. The molecule has 0 amide bonds. The van der Waals surface area contributed by atoms with Crippen molar-refractivity contribution in [3.05, 3.63) is 54.1 Å². The molecule has 6 heteroatoms. The lowest BCUT2D eigenvalue weighted by atomic mass is 9.85. The topological polar surface area (TPSA) is 63.7 Å². The van der Waals surface area contributed by atoms with Gasteiger partial charge >= 0.3 is 5.97 Å². The van der Waals surface area contributed by atoms with Crippen molar-refractivity contribution >= 4 is 16.0 Å². The first kappa shape index (κ1) is 17.4. The standard InChI is InChI=1S/C17H21NO4S/c1-5-17(3)12-18(11-14(17)10-16(19)22-4)23(20,21)15-8-6-13(2)7-9-15/h5-10H,1,11-12H2,2-4H3/b14-10+/t17-/m0/s1. The van der Waals surface area contributed by atoms with Gasteiger partial charge in [0.2, 0.25) is 10.0 Å². The Labute approximate surface area is 137 Å². The van der Waals surface area contributed by atoms with Gasteiger partial charge in [0.25, 0.3) is 0 Å². The summed E-state index contributed by atoms with van der Waals surface area (Å²) in [6.07, 6.45) is 3.03. The number of carbonyl (C=O) groups is 1. The monoisotopic (exact) mass is 335 g/mol. The zero-order valence-electron chi connectivity index (χ0n) is 13.6. The average Bonchev–Trinajstić information content (AvgIpc) is 2.86. The van der Waals surface area contributed by atoms with Crippen LogP contribution in [-0.2, 0) is 19.6 Å². The zero-order chi connectivity index (χ0) is 17.3. The Morgan fingerprint density at radius 1 is 1.35 bits per heavy atom. The van der Waals surface area contributed by atoms with Crippen LogP contribution in [0.1, 0.15) is 12.5 Å². The quantitative estimate of drug-likeness (QED) is 0.481. The van der Waals surface area contributed by atoms with E-state index in [1.165, 1.54) is 17.5 Å². The number of rotatable bonds is 4. The molecular formula is C17H21NO4S. The summed E-state index contributed by atoms with van der Waals surface area (Å²) in [4.78, 5) is 11.8. The van der Waals surface area contributed by atoms with Crippen molar-refractivity contribution in [3.63, 3.8) is 0 Å². The minimum absolute atomic E-state index is 0.147. The largest absolute Gasteiger partial charge is 0.466 e. The molecule has 1 aromatic rings. The van der Waals surface area contributed by atoms with Crippen molar-refractivity contribution in [1.29, 1.82) is 0 Å². The Hall–Kier alpha value is -1.92. The summed E-state index contributed by atoms with van der Waals surface area (Å²) in [6.45, 7) is 7.94. The maximum Gasteiger partial charge on any atom is 0.330 e. The third-order valence-corrected chi connectivity index (χ3v) is 5.99. The molecule has 1 saturated heterocycles. The van der Waals surface area contributed by atoms with E-state index in [1.54, 1.807) is 30.3 Å². The molecule has 0 unspecified atom stereocenters. The number of esters is 1. The van der Waals surface area contributed by atoms with Crippen molar-refractivity contribution in [2.24, 2.45) is 5.41 Å². The van der Waals surface area contributed by atoms with Crippen LogP contribution in [0.4, 0.5) is 0 Å². The fourth-order valence-corrected chi connectivity index (χ4v) is 4.06. The summed E-state index contributed by atoms with van der Waals surface area (Å²) < 4.78 is 31.6. The summed E-state index contributed by atoms with van der Waals surface area (Å²) in [5.41, 5.74) is 1.08. The van der Waals surface area contributed by atoms with Crippen LogP contribution in [0.15, 0.2) is 53.5 Å². The summed E-state index contributed by atoms with van der Waals surface area (Å²) in [7, 11) is -2.33. The maximum atomic E-state index is 12.8. The lowest BCUT2D eigenvalue weighted by Crippen LogP contribution is -2.30. The molecule has 0 aromatic heterocycles. The van der Waals surface area contributed by atoms with Crippen LogP contribution in [0.25, 0.3) is 0 Å². The lowest BCUT2D eigenvalue weighted by Gasteiger charge is -2.21. The Balaban J connectivity index is 2.38. The normalized spacial score (nSPS) is 23.9. The fourth-order valence-electron chi connectivity index (χ4n) is 2.53. The second kappa shape index (κ2) is 6.29. The molecule has 0 radical (unpaired) electrons. The van der Waals surface area contributed by atoms with E-state index in [4.69, 9.17) is 0 Å². The van der Waals surface area contributed by atoms with Crippen molar-refractivity contribution < 1.29 is 17.9 Å². The van der Waals surface area contributed by atoms with E-state index in [-0.39, 0.29) is 18.0 Å². The molecule has 0 N–H and O–H groups in total. The van der Waals surface area contributed by atoms with Crippen LogP contribution < -0.4 is 0 Å². The number of methoxy groups -OCH3 is 1. The molecule has 0 bridgehead atoms. The Kier molecular flexibility index (Phi) is 4.77. The average molecular weight is 335 g/mol. The minimum Gasteiger partial charge on any atom is -0.466 e. The third-order valence-electron chi connectivity index (χ3n) is 4.19. The highest BCUT2D eigenvalue weighted by Gasteiger charge is 2.42. The lowest BCUT2D eigenvalue weighted by molar-refractivity contribution is -0.134. The molecule has 1 aliphatic rings.